The minimum Gasteiger partial charge on any atom is -0.317 e. The average molecular weight is 182 g/mol. The first-order valence-electron chi connectivity index (χ1n) is 5.88. The van der Waals surface area contributed by atoms with Crippen molar-refractivity contribution >= 4 is 0 Å². The van der Waals surface area contributed by atoms with Crippen molar-refractivity contribution in [3.05, 3.63) is 0 Å². The molecule has 0 amide bonds. The van der Waals surface area contributed by atoms with Crippen LogP contribution in [0.5, 0.6) is 0 Å². The fraction of sp³-hybridized carbons (Fsp3) is 1.00. The van der Waals surface area contributed by atoms with Crippen molar-refractivity contribution in [3.8, 4) is 0 Å². The summed E-state index contributed by atoms with van der Waals surface area (Å²) in [6.07, 6.45) is 6.99. The van der Waals surface area contributed by atoms with Crippen LogP contribution in [-0.2, 0) is 0 Å². The molecule has 1 saturated heterocycles. The molecule has 1 N–H and O–H groups in total. The number of hydrogen-bond donors (Lipinski definition) is 1. The van der Waals surface area contributed by atoms with Crippen molar-refractivity contribution in [2.45, 2.75) is 51.1 Å². The predicted molar refractivity (Wildman–Crippen MR) is 55.9 cm³/mol. The number of rotatable bonds is 4. The van der Waals surface area contributed by atoms with Gasteiger partial charge in [0.1, 0.15) is 0 Å². The van der Waals surface area contributed by atoms with Gasteiger partial charge in [-0.25, -0.2) is 0 Å². The van der Waals surface area contributed by atoms with Gasteiger partial charge in [0.25, 0.3) is 0 Å². The van der Waals surface area contributed by atoms with Crippen LogP contribution in [-0.4, -0.2) is 36.6 Å². The molecule has 76 valence electrons. The van der Waals surface area contributed by atoms with E-state index in [0.29, 0.717) is 0 Å². The van der Waals surface area contributed by atoms with E-state index in [1.807, 2.05) is 0 Å². The van der Waals surface area contributed by atoms with Gasteiger partial charge in [-0.05, 0) is 51.7 Å². The lowest BCUT2D eigenvalue weighted by Crippen LogP contribution is -2.44. The highest BCUT2D eigenvalue weighted by Gasteiger charge is 2.33. The Balaban J connectivity index is 1.84. The van der Waals surface area contributed by atoms with Gasteiger partial charge in [0.2, 0.25) is 0 Å². The molecule has 1 aliphatic carbocycles. The smallest absolute Gasteiger partial charge is 0.0122 e. The van der Waals surface area contributed by atoms with Gasteiger partial charge in [-0.2, -0.15) is 0 Å². The van der Waals surface area contributed by atoms with Gasteiger partial charge in [0.15, 0.2) is 0 Å². The molecule has 0 radical (unpaired) electrons. The molecule has 0 aromatic heterocycles. The standard InChI is InChI=1S/C11H22N2/c1-2-9-13(10-3-4-10)11-5-7-12-8-6-11/h10-12H,2-9H2,1H3. The summed E-state index contributed by atoms with van der Waals surface area (Å²) in [6.45, 7) is 6.10. The van der Waals surface area contributed by atoms with Crippen molar-refractivity contribution in [2.24, 2.45) is 0 Å². The van der Waals surface area contributed by atoms with Crippen molar-refractivity contribution in [3.63, 3.8) is 0 Å². The summed E-state index contributed by atoms with van der Waals surface area (Å²) in [6, 6.07) is 1.86. The third-order valence-electron chi connectivity index (χ3n) is 3.28. The van der Waals surface area contributed by atoms with Gasteiger partial charge in [0.05, 0.1) is 0 Å². The summed E-state index contributed by atoms with van der Waals surface area (Å²) in [4.78, 5) is 2.78. The number of piperidine rings is 1. The van der Waals surface area contributed by atoms with E-state index in [2.05, 4.69) is 17.1 Å². The van der Waals surface area contributed by atoms with Crippen LogP contribution < -0.4 is 5.32 Å². The molecule has 0 aromatic rings. The maximum absolute atomic E-state index is 3.44. The molecule has 0 unspecified atom stereocenters. The Kier molecular flexibility index (Phi) is 3.23. The highest BCUT2D eigenvalue weighted by atomic mass is 15.2. The van der Waals surface area contributed by atoms with Crippen LogP contribution in [0.2, 0.25) is 0 Å². The Bertz CT molecular complexity index is 148. The lowest BCUT2D eigenvalue weighted by atomic mass is 10.0. The second kappa shape index (κ2) is 4.43. The molecule has 2 heteroatoms. The molecule has 2 rings (SSSR count). The largest absolute Gasteiger partial charge is 0.317 e. The molecule has 1 heterocycles. The number of nitrogens with one attached hydrogen (secondary N) is 1. The SMILES string of the molecule is CCCN(C1CCNCC1)C1CC1. The van der Waals surface area contributed by atoms with Crippen LogP contribution >= 0.6 is 0 Å². The molecule has 13 heavy (non-hydrogen) atoms. The third kappa shape index (κ3) is 2.44. The monoisotopic (exact) mass is 182 g/mol. The zero-order chi connectivity index (χ0) is 9.10. The van der Waals surface area contributed by atoms with E-state index in [9.17, 15) is 0 Å². The molecule has 0 atom stereocenters. The second-order valence-electron chi connectivity index (χ2n) is 4.45. The molecule has 1 aliphatic heterocycles. The zero-order valence-corrected chi connectivity index (χ0v) is 8.76. The van der Waals surface area contributed by atoms with E-state index >= 15 is 0 Å². The molecule has 0 bridgehead atoms. The van der Waals surface area contributed by atoms with Gasteiger partial charge in [0, 0.05) is 12.1 Å². The van der Waals surface area contributed by atoms with E-state index in [4.69, 9.17) is 0 Å². The van der Waals surface area contributed by atoms with Gasteiger partial charge < -0.3 is 5.32 Å². The zero-order valence-electron chi connectivity index (χ0n) is 8.76. The molecule has 1 saturated carbocycles. The minimum absolute atomic E-state index is 0.897. The first-order valence-corrected chi connectivity index (χ1v) is 5.88. The Morgan fingerprint density at radius 1 is 1.08 bits per heavy atom. The van der Waals surface area contributed by atoms with E-state index in [-0.39, 0.29) is 0 Å². The molecule has 2 nitrogen and oxygen atoms in total. The van der Waals surface area contributed by atoms with Crippen molar-refractivity contribution < 1.29 is 0 Å². The molecule has 2 aliphatic rings. The van der Waals surface area contributed by atoms with Crippen LogP contribution in [0.4, 0.5) is 0 Å². The summed E-state index contributed by atoms with van der Waals surface area (Å²) in [5.74, 6) is 0. The number of nitrogens with zero attached hydrogens (tertiary/aromatic N) is 1. The van der Waals surface area contributed by atoms with Crippen LogP contribution in [0.1, 0.15) is 39.0 Å². The fourth-order valence-corrected chi connectivity index (χ4v) is 2.47. The topological polar surface area (TPSA) is 15.3 Å². The van der Waals surface area contributed by atoms with E-state index in [1.54, 1.807) is 0 Å². The third-order valence-corrected chi connectivity index (χ3v) is 3.28. The normalized spacial score (nSPS) is 25.4. The fourth-order valence-electron chi connectivity index (χ4n) is 2.47. The van der Waals surface area contributed by atoms with E-state index in [0.717, 1.165) is 12.1 Å². The van der Waals surface area contributed by atoms with Crippen molar-refractivity contribution in [1.82, 2.24) is 10.2 Å². The van der Waals surface area contributed by atoms with Crippen LogP contribution in [0, 0.1) is 0 Å². The van der Waals surface area contributed by atoms with Crippen LogP contribution in [0.3, 0.4) is 0 Å². The van der Waals surface area contributed by atoms with Crippen LogP contribution in [0.15, 0.2) is 0 Å². The maximum atomic E-state index is 3.44. The quantitative estimate of drug-likeness (QED) is 0.710. The highest BCUT2D eigenvalue weighted by Crippen LogP contribution is 2.30. The highest BCUT2D eigenvalue weighted by molar-refractivity contribution is 4.90. The lowest BCUT2D eigenvalue weighted by molar-refractivity contribution is 0.153. The van der Waals surface area contributed by atoms with Gasteiger partial charge in [-0.3, -0.25) is 4.90 Å². The summed E-state index contributed by atoms with van der Waals surface area (Å²) in [5.41, 5.74) is 0. The molecule has 0 aromatic carbocycles. The molecular weight excluding hydrogens is 160 g/mol. The summed E-state index contributed by atoms with van der Waals surface area (Å²) >= 11 is 0. The Morgan fingerprint density at radius 3 is 2.23 bits per heavy atom. The summed E-state index contributed by atoms with van der Waals surface area (Å²) < 4.78 is 0. The van der Waals surface area contributed by atoms with Crippen molar-refractivity contribution in [1.29, 1.82) is 0 Å². The van der Waals surface area contributed by atoms with Gasteiger partial charge in [-0.1, -0.05) is 6.92 Å². The van der Waals surface area contributed by atoms with Gasteiger partial charge >= 0.3 is 0 Å². The Hall–Kier alpha value is -0.0800. The first kappa shape index (κ1) is 9.47. The number of hydrogen-bond acceptors (Lipinski definition) is 2. The molecule has 2 fully saturated rings. The molecule has 0 spiro atoms. The predicted octanol–water partition coefficient (Wildman–Crippen LogP) is 1.61. The Labute approximate surface area is 81.7 Å². The van der Waals surface area contributed by atoms with Crippen molar-refractivity contribution in [2.75, 3.05) is 19.6 Å². The minimum atomic E-state index is 0.897. The first-order chi connectivity index (χ1) is 6.42. The maximum Gasteiger partial charge on any atom is 0.0122 e. The summed E-state index contributed by atoms with van der Waals surface area (Å²) in [7, 11) is 0. The Morgan fingerprint density at radius 2 is 1.69 bits per heavy atom. The molecular formula is C11H22N2. The van der Waals surface area contributed by atoms with Gasteiger partial charge in [-0.15, -0.1) is 0 Å². The average Bonchev–Trinajstić information content (AvgIpc) is 2.99. The van der Waals surface area contributed by atoms with E-state index in [1.165, 1.54) is 51.7 Å². The second-order valence-corrected chi connectivity index (χ2v) is 4.45. The van der Waals surface area contributed by atoms with E-state index < -0.39 is 0 Å². The summed E-state index contributed by atoms with van der Waals surface area (Å²) in [5, 5.41) is 3.44. The van der Waals surface area contributed by atoms with Crippen LogP contribution in [0.25, 0.3) is 0 Å². The lowest BCUT2D eigenvalue weighted by Gasteiger charge is -2.34.